The molecule has 1 aromatic heterocycles. The lowest BCUT2D eigenvalue weighted by molar-refractivity contribution is -0.149. The molecule has 0 radical (unpaired) electrons. The van der Waals surface area contributed by atoms with Gasteiger partial charge in [0, 0.05) is 56.6 Å². The Labute approximate surface area is 297 Å². The molecule has 1 N–H and O–H groups in total. The van der Waals surface area contributed by atoms with Crippen molar-refractivity contribution in [2.24, 2.45) is 23.7 Å². The van der Waals surface area contributed by atoms with E-state index in [1.807, 2.05) is 76.2 Å². The van der Waals surface area contributed by atoms with E-state index in [0.717, 1.165) is 24.0 Å². The van der Waals surface area contributed by atoms with Crippen molar-refractivity contribution in [1.82, 2.24) is 15.2 Å². The summed E-state index contributed by atoms with van der Waals surface area (Å²) in [5.41, 5.74) is 2.36. The zero-order chi connectivity index (χ0) is 36.1. The van der Waals surface area contributed by atoms with Gasteiger partial charge in [0.2, 0.25) is 5.91 Å². The molecule has 2 amide bonds. The van der Waals surface area contributed by atoms with Gasteiger partial charge in [-0.05, 0) is 41.7 Å². The SMILES string of the molecule is CC[C@H](C)[C@H](CC(=O)Cc1ccccc1)C(=O)N(C)[C@H](C[C@@H](OC(C)=O)c1nc(C(=O)N[C@@H](Cc2ccccc2)CC(C)C)cs1)C(C)C. The first kappa shape index (κ1) is 39.6. The highest BCUT2D eigenvalue weighted by molar-refractivity contribution is 7.09. The predicted octanol–water partition coefficient (Wildman–Crippen LogP) is 7.87. The third-order valence-corrected chi connectivity index (χ3v) is 10.1. The number of rotatable bonds is 19. The smallest absolute Gasteiger partial charge is 0.303 e. The van der Waals surface area contributed by atoms with Crippen LogP contribution in [0.5, 0.6) is 0 Å². The fourth-order valence-corrected chi connectivity index (χ4v) is 7.18. The molecule has 0 fully saturated rings. The number of amides is 2. The van der Waals surface area contributed by atoms with Crippen LogP contribution in [0.1, 0.15) is 107 Å². The van der Waals surface area contributed by atoms with E-state index < -0.39 is 18.0 Å². The third-order valence-electron chi connectivity index (χ3n) is 9.16. The quantitative estimate of drug-likeness (QED) is 0.129. The molecule has 0 aliphatic rings. The van der Waals surface area contributed by atoms with Gasteiger partial charge >= 0.3 is 5.97 Å². The van der Waals surface area contributed by atoms with E-state index in [2.05, 4.69) is 36.3 Å². The summed E-state index contributed by atoms with van der Waals surface area (Å²) in [6.07, 6.45) is 2.31. The van der Waals surface area contributed by atoms with Gasteiger partial charge in [-0.1, -0.05) is 109 Å². The van der Waals surface area contributed by atoms with Crippen molar-refractivity contribution in [3.63, 3.8) is 0 Å². The van der Waals surface area contributed by atoms with Gasteiger partial charge < -0.3 is 15.0 Å². The van der Waals surface area contributed by atoms with Gasteiger partial charge in [0.25, 0.3) is 5.91 Å². The Bertz CT molecular complexity index is 1490. The number of hydrogen-bond acceptors (Lipinski definition) is 7. The van der Waals surface area contributed by atoms with Crippen LogP contribution in [-0.4, -0.2) is 52.6 Å². The Morgan fingerprint density at radius 3 is 2.06 bits per heavy atom. The van der Waals surface area contributed by atoms with Crippen LogP contribution in [0.3, 0.4) is 0 Å². The molecule has 0 aliphatic carbocycles. The van der Waals surface area contributed by atoms with Crippen molar-refractivity contribution in [1.29, 1.82) is 0 Å². The van der Waals surface area contributed by atoms with Gasteiger partial charge in [-0.15, -0.1) is 11.3 Å². The van der Waals surface area contributed by atoms with Gasteiger partial charge in [-0.3, -0.25) is 19.2 Å². The number of carbonyl (C=O) groups is 4. The molecule has 266 valence electrons. The fourth-order valence-electron chi connectivity index (χ4n) is 6.34. The standard InChI is InChI=1S/C40H55N3O5S/c1-9-28(6)34(23-33(45)22-31-18-14-11-15-19-31)40(47)43(8)36(27(4)5)24-37(48-29(7)44)39-42-35(25-49-39)38(46)41-32(20-26(2)3)21-30-16-12-10-13-17-30/h10-19,25-28,32,34,36-37H,9,20-24H2,1-8H3,(H,41,46)/t28-,32+,34-,36+,37+/m0/s1. The van der Waals surface area contributed by atoms with Crippen LogP contribution in [-0.2, 0) is 32.0 Å². The number of ketones is 1. The summed E-state index contributed by atoms with van der Waals surface area (Å²) < 4.78 is 5.80. The minimum absolute atomic E-state index is 0.00759. The number of nitrogens with one attached hydrogen (secondary N) is 1. The van der Waals surface area contributed by atoms with E-state index in [9.17, 15) is 19.2 Å². The van der Waals surface area contributed by atoms with Crippen molar-refractivity contribution in [2.45, 2.75) is 105 Å². The maximum absolute atomic E-state index is 14.1. The first-order valence-corrected chi connectivity index (χ1v) is 18.5. The molecule has 49 heavy (non-hydrogen) atoms. The number of carbonyl (C=O) groups excluding carboxylic acids is 4. The van der Waals surface area contributed by atoms with Crippen molar-refractivity contribution in [3.8, 4) is 0 Å². The summed E-state index contributed by atoms with van der Waals surface area (Å²) in [6.45, 7) is 13.7. The summed E-state index contributed by atoms with van der Waals surface area (Å²) in [5, 5.41) is 5.38. The van der Waals surface area contributed by atoms with Crippen molar-refractivity contribution in [2.75, 3.05) is 7.05 Å². The first-order chi connectivity index (χ1) is 23.3. The molecule has 0 bridgehead atoms. The van der Waals surface area contributed by atoms with Gasteiger partial charge in [0.05, 0.1) is 0 Å². The topological polar surface area (TPSA) is 106 Å². The fraction of sp³-hybridized carbons (Fsp3) is 0.525. The summed E-state index contributed by atoms with van der Waals surface area (Å²) in [4.78, 5) is 59.4. The largest absolute Gasteiger partial charge is 0.455 e. The molecule has 9 heteroatoms. The highest BCUT2D eigenvalue weighted by atomic mass is 32.1. The molecule has 5 atom stereocenters. The van der Waals surface area contributed by atoms with Crippen LogP contribution in [0.25, 0.3) is 0 Å². The summed E-state index contributed by atoms with van der Waals surface area (Å²) in [7, 11) is 1.78. The number of esters is 1. The lowest BCUT2D eigenvalue weighted by Gasteiger charge is -2.36. The van der Waals surface area contributed by atoms with Crippen molar-refractivity contribution >= 4 is 34.9 Å². The summed E-state index contributed by atoms with van der Waals surface area (Å²) in [6, 6.07) is 19.3. The van der Waals surface area contributed by atoms with Gasteiger partial charge in [0.15, 0.2) is 6.10 Å². The van der Waals surface area contributed by atoms with Gasteiger partial charge in [-0.2, -0.15) is 0 Å². The highest BCUT2D eigenvalue weighted by Crippen LogP contribution is 2.32. The second kappa shape index (κ2) is 19.4. The molecule has 3 aromatic rings. The Morgan fingerprint density at radius 1 is 0.898 bits per heavy atom. The van der Waals surface area contributed by atoms with Crippen LogP contribution in [0.15, 0.2) is 66.0 Å². The number of aromatic nitrogens is 1. The number of nitrogens with zero attached hydrogens (tertiary/aromatic N) is 2. The van der Waals surface area contributed by atoms with Crippen LogP contribution in [0.4, 0.5) is 0 Å². The number of benzene rings is 2. The Hall–Kier alpha value is -3.85. The van der Waals surface area contributed by atoms with E-state index in [1.165, 1.54) is 18.3 Å². The number of thiazole rings is 1. The van der Waals surface area contributed by atoms with E-state index in [0.29, 0.717) is 23.8 Å². The minimum atomic E-state index is -0.746. The molecule has 0 saturated heterocycles. The lowest BCUT2D eigenvalue weighted by Crippen LogP contribution is -2.46. The molecule has 0 unspecified atom stereocenters. The molecule has 0 aliphatic heterocycles. The second-order valence-corrected chi connectivity index (χ2v) is 14.9. The number of hydrogen-bond donors (Lipinski definition) is 1. The first-order valence-electron chi connectivity index (χ1n) is 17.6. The Balaban J connectivity index is 1.78. The average Bonchev–Trinajstić information content (AvgIpc) is 3.55. The molecule has 0 saturated carbocycles. The predicted molar refractivity (Wildman–Crippen MR) is 196 cm³/mol. The normalized spacial score (nSPS) is 14.5. The Kier molecular flexibility index (Phi) is 15.6. The van der Waals surface area contributed by atoms with E-state index in [-0.39, 0.29) is 60.1 Å². The zero-order valence-corrected chi connectivity index (χ0v) is 31.3. The van der Waals surface area contributed by atoms with Crippen LogP contribution in [0.2, 0.25) is 0 Å². The van der Waals surface area contributed by atoms with Crippen LogP contribution < -0.4 is 5.32 Å². The zero-order valence-electron chi connectivity index (χ0n) is 30.5. The average molecular weight is 690 g/mol. The monoisotopic (exact) mass is 689 g/mol. The van der Waals surface area contributed by atoms with Gasteiger partial charge in [0.1, 0.15) is 16.5 Å². The van der Waals surface area contributed by atoms with Crippen LogP contribution >= 0.6 is 11.3 Å². The van der Waals surface area contributed by atoms with Gasteiger partial charge in [-0.25, -0.2) is 4.98 Å². The van der Waals surface area contributed by atoms with Crippen LogP contribution in [0, 0.1) is 23.7 Å². The van der Waals surface area contributed by atoms with E-state index in [4.69, 9.17) is 4.74 Å². The maximum atomic E-state index is 14.1. The highest BCUT2D eigenvalue weighted by Gasteiger charge is 2.35. The molecule has 3 rings (SSSR count). The second-order valence-electron chi connectivity index (χ2n) is 14.1. The lowest BCUT2D eigenvalue weighted by atomic mass is 9.84. The molecular formula is C40H55N3O5S. The number of ether oxygens (including phenoxy) is 1. The third kappa shape index (κ3) is 12.5. The number of Topliss-reactive ketones (excluding diaryl/α,β-unsaturated/α-hetero) is 1. The Morgan fingerprint density at radius 2 is 1.51 bits per heavy atom. The molecule has 8 nitrogen and oxygen atoms in total. The maximum Gasteiger partial charge on any atom is 0.303 e. The molecule has 1 heterocycles. The molecule has 2 aromatic carbocycles. The van der Waals surface area contributed by atoms with Crippen molar-refractivity contribution in [3.05, 3.63) is 87.9 Å². The molecular weight excluding hydrogens is 635 g/mol. The minimum Gasteiger partial charge on any atom is -0.455 e. The summed E-state index contributed by atoms with van der Waals surface area (Å²) in [5.74, 6) is -0.848. The van der Waals surface area contributed by atoms with E-state index in [1.54, 1.807) is 17.3 Å². The molecule has 0 spiro atoms. The summed E-state index contributed by atoms with van der Waals surface area (Å²) >= 11 is 1.27. The van der Waals surface area contributed by atoms with Crippen molar-refractivity contribution < 1.29 is 23.9 Å². The van der Waals surface area contributed by atoms with E-state index >= 15 is 0 Å².